The lowest BCUT2D eigenvalue weighted by Gasteiger charge is -1.99. The van der Waals surface area contributed by atoms with E-state index >= 15 is 0 Å². The number of rotatable bonds is 2. The number of hydrogen-bond donors (Lipinski definition) is 0. The molecule has 3 aromatic rings. The second kappa shape index (κ2) is 4.34. The van der Waals surface area contributed by atoms with Gasteiger partial charge in [-0.2, -0.15) is 9.61 Å². The summed E-state index contributed by atoms with van der Waals surface area (Å²) in [6.07, 6.45) is 0. The first-order chi connectivity index (χ1) is 9.06. The maximum atomic E-state index is 13.2. The van der Waals surface area contributed by atoms with Gasteiger partial charge in [0.05, 0.1) is 0 Å². The highest BCUT2D eigenvalue weighted by atomic mass is 32.1. The molecule has 4 nitrogen and oxygen atoms in total. The maximum Gasteiger partial charge on any atom is 0.234 e. The molecule has 7 heteroatoms. The van der Waals surface area contributed by atoms with Crippen LogP contribution in [-0.2, 0) is 0 Å². The van der Waals surface area contributed by atoms with Crippen LogP contribution in [0.1, 0.15) is 25.6 Å². The van der Waals surface area contributed by atoms with Crippen molar-refractivity contribution in [3.8, 4) is 10.6 Å². The molecule has 0 fully saturated rings. The van der Waals surface area contributed by atoms with Gasteiger partial charge in [0.15, 0.2) is 17.5 Å². The summed E-state index contributed by atoms with van der Waals surface area (Å²) in [7, 11) is 0. The Morgan fingerprint density at radius 2 is 1.95 bits per heavy atom. The van der Waals surface area contributed by atoms with Crippen LogP contribution in [0.3, 0.4) is 0 Å². The van der Waals surface area contributed by atoms with E-state index < -0.39 is 11.6 Å². The number of halogens is 2. The van der Waals surface area contributed by atoms with Crippen LogP contribution in [-0.4, -0.2) is 19.8 Å². The summed E-state index contributed by atoms with van der Waals surface area (Å²) in [6.45, 7) is 3.99. The van der Waals surface area contributed by atoms with Gasteiger partial charge in [0.2, 0.25) is 4.96 Å². The lowest BCUT2D eigenvalue weighted by molar-refractivity contribution is 0.509. The fourth-order valence-electron chi connectivity index (χ4n) is 1.74. The van der Waals surface area contributed by atoms with E-state index in [1.165, 1.54) is 17.4 Å². The van der Waals surface area contributed by atoms with E-state index in [0.29, 0.717) is 15.5 Å². The summed E-state index contributed by atoms with van der Waals surface area (Å²) >= 11 is 1.29. The molecule has 0 aliphatic rings. The van der Waals surface area contributed by atoms with Crippen molar-refractivity contribution in [1.82, 2.24) is 19.8 Å². The van der Waals surface area contributed by atoms with E-state index in [1.807, 2.05) is 13.8 Å². The SMILES string of the molecule is CC(C)c1nnc2sc(-c3ccc(F)c(F)c3)nn12. The standard InChI is InChI=1S/C12H10F2N4S/c1-6(2)10-15-16-12-18(10)17-11(19-12)7-3-4-8(13)9(14)5-7/h3-6H,1-2H3. The second-order valence-corrected chi connectivity index (χ2v) is 5.40. The van der Waals surface area contributed by atoms with E-state index in [2.05, 4.69) is 15.3 Å². The van der Waals surface area contributed by atoms with Crippen molar-refractivity contribution in [3.05, 3.63) is 35.7 Å². The van der Waals surface area contributed by atoms with E-state index in [4.69, 9.17) is 0 Å². The Balaban J connectivity index is 2.12. The molecule has 0 aliphatic heterocycles. The van der Waals surface area contributed by atoms with Gasteiger partial charge in [0.1, 0.15) is 5.01 Å². The molecule has 0 spiro atoms. The number of fused-ring (bicyclic) bond motifs is 1. The Morgan fingerprint density at radius 1 is 1.16 bits per heavy atom. The van der Waals surface area contributed by atoms with E-state index in [9.17, 15) is 8.78 Å². The third-order valence-electron chi connectivity index (χ3n) is 2.70. The minimum Gasteiger partial charge on any atom is -0.204 e. The van der Waals surface area contributed by atoms with Gasteiger partial charge in [-0.15, -0.1) is 10.2 Å². The number of benzene rings is 1. The van der Waals surface area contributed by atoms with Gasteiger partial charge in [0.25, 0.3) is 0 Å². The van der Waals surface area contributed by atoms with Crippen LogP contribution in [0.4, 0.5) is 8.78 Å². The molecular formula is C12H10F2N4S. The number of aromatic nitrogens is 4. The third kappa shape index (κ3) is 1.99. The first kappa shape index (κ1) is 12.2. The van der Waals surface area contributed by atoms with Gasteiger partial charge in [0, 0.05) is 11.5 Å². The van der Waals surface area contributed by atoms with Crippen LogP contribution < -0.4 is 0 Å². The lowest BCUT2D eigenvalue weighted by atomic mass is 10.2. The minimum absolute atomic E-state index is 0.190. The highest BCUT2D eigenvalue weighted by Gasteiger charge is 2.15. The zero-order valence-corrected chi connectivity index (χ0v) is 11.1. The molecule has 0 saturated heterocycles. The van der Waals surface area contributed by atoms with Gasteiger partial charge in [-0.05, 0) is 18.2 Å². The van der Waals surface area contributed by atoms with Crippen molar-refractivity contribution >= 4 is 16.3 Å². The number of hydrogen-bond acceptors (Lipinski definition) is 4. The molecule has 0 aliphatic carbocycles. The molecule has 1 aromatic carbocycles. The Labute approximate surface area is 111 Å². The summed E-state index contributed by atoms with van der Waals surface area (Å²) in [6, 6.07) is 3.73. The van der Waals surface area contributed by atoms with Crippen LogP contribution in [0, 0.1) is 11.6 Å². The molecule has 19 heavy (non-hydrogen) atoms. The topological polar surface area (TPSA) is 43.1 Å². The first-order valence-electron chi connectivity index (χ1n) is 5.74. The molecule has 0 saturated carbocycles. The molecule has 2 heterocycles. The summed E-state index contributed by atoms with van der Waals surface area (Å²) < 4.78 is 27.8. The van der Waals surface area contributed by atoms with Gasteiger partial charge >= 0.3 is 0 Å². The van der Waals surface area contributed by atoms with Crippen LogP contribution >= 0.6 is 11.3 Å². The highest BCUT2D eigenvalue weighted by Crippen LogP contribution is 2.27. The van der Waals surface area contributed by atoms with Crippen LogP contribution in [0.2, 0.25) is 0 Å². The molecular weight excluding hydrogens is 270 g/mol. The zero-order chi connectivity index (χ0) is 13.6. The third-order valence-corrected chi connectivity index (χ3v) is 3.65. The minimum atomic E-state index is -0.882. The Kier molecular flexibility index (Phi) is 2.78. The van der Waals surface area contributed by atoms with Crippen LogP contribution in [0.15, 0.2) is 18.2 Å². The van der Waals surface area contributed by atoms with Crippen molar-refractivity contribution in [2.75, 3.05) is 0 Å². The summed E-state index contributed by atoms with van der Waals surface area (Å²) in [5, 5.41) is 13.0. The fourth-order valence-corrected chi connectivity index (χ4v) is 2.58. The van der Waals surface area contributed by atoms with Gasteiger partial charge in [-0.3, -0.25) is 0 Å². The number of nitrogens with zero attached hydrogens (tertiary/aromatic N) is 4. The average Bonchev–Trinajstić information content (AvgIpc) is 2.91. The van der Waals surface area contributed by atoms with Crippen LogP contribution in [0.5, 0.6) is 0 Å². The molecule has 0 bridgehead atoms. The van der Waals surface area contributed by atoms with E-state index in [1.54, 1.807) is 4.52 Å². The normalized spacial score (nSPS) is 11.6. The Morgan fingerprint density at radius 3 is 2.63 bits per heavy atom. The monoisotopic (exact) mass is 280 g/mol. The predicted molar refractivity (Wildman–Crippen MR) is 68.1 cm³/mol. The fraction of sp³-hybridized carbons (Fsp3) is 0.250. The van der Waals surface area contributed by atoms with Gasteiger partial charge < -0.3 is 0 Å². The Bertz CT molecular complexity index is 747. The molecule has 2 aromatic heterocycles. The average molecular weight is 280 g/mol. The van der Waals surface area contributed by atoms with E-state index in [-0.39, 0.29) is 5.92 Å². The first-order valence-corrected chi connectivity index (χ1v) is 6.55. The lowest BCUT2D eigenvalue weighted by Crippen LogP contribution is -1.98. The van der Waals surface area contributed by atoms with Crippen molar-refractivity contribution in [3.63, 3.8) is 0 Å². The van der Waals surface area contributed by atoms with Crippen molar-refractivity contribution in [1.29, 1.82) is 0 Å². The molecule has 0 radical (unpaired) electrons. The molecule has 0 atom stereocenters. The van der Waals surface area contributed by atoms with Gasteiger partial charge in [-0.1, -0.05) is 25.2 Å². The highest BCUT2D eigenvalue weighted by molar-refractivity contribution is 7.19. The summed E-state index contributed by atoms with van der Waals surface area (Å²) in [4.78, 5) is 0.642. The van der Waals surface area contributed by atoms with Gasteiger partial charge in [-0.25, -0.2) is 8.78 Å². The van der Waals surface area contributed by atoms with Crippen molar-refractivity contribution in [2.45, 2.75) is 19.8 Å². The quantitative estimate of drug-likeness (QED) is 0.723. The Hall–Kier alpha value is -1.89. The van der Waals surface area contributed by atoms with Crippen molar-refractivity contribution in [2.24, 2.45) is 0 Å². The summed E-state index contributed by atoms with van der Waals surface area (Å²) in [5.74, 6) is -0.808. The molecule has 0 unspecified atom stereocenters. The van der Waals surface area contributed by atoms with Crippen LogP contribution in [0.25, 0.3) is 15.5 Å². The van der Waals surface area contributed by atoms with Crippen molar-refractivity contribution < 1.29 is 8.78 Å². The molecule has 98 valence electrons. The smallest absolute Gasteiger partial charge is 0.204 e. The van der Waals surface area contributed by atoms with E-state index in [0.717, 1.165) is 18.0 Å². The zero-order valence-electron chi connectivity index (χ0n) is 10.3. The largest absolute Gasteiger partial charge is 0.234 e. The summed E-state index contributed by atoms with van der Waals surface area (Å²) in [5.41, 5.74) is 0.532. The maximum absolute atomic E-state index is 13.2. The second-order valence-electron chi connectivity index (χ2n) is 4.44. The molecule has 0 N–H and O–H groups in total. The predicted octanol–water partition coefficient (Wildman–Crippen LogP) is 3.25. The molecule has 3 rings (SSSR count). The molecule has 0 amide bonds.